The molecule has 11 heteroatoms. The maximum Gasteiger partial charge on any atom is 0.248 e. The standard InChI is InChI=1S/C23H32N6O4S/c1-14(24-4)19(30)25-18(23(2,3)33-5)22(32)29-13-9-12-16(29)20(31)26-21-17(27-28-34-21)15-10-7-6-8-11-15/h6-8,10-11,14,16,18,24H,9,12-13H2,1-5H3,(H,25,30)(H,26,31)/t14-,16-,18+/m0/s1. The summed E-state index contributed by atoms with van der Waals surface area (Å²) < 4.78 is 9.53. The molecule has 3 rings (SSSR count). The second kappa shape index (κ2) is 11.0. The lowest BCUT2D eigenvalue weighted by Gasteiger charge is -2.37. The number of nitrogens with one attached hydrogen (secondary N) is 3. The van der Waals surface area contributed by atoms with Crippen LogP contribution in [0.1, 0.15) is 33.6 Å². The summed E-state index contributed by atoms with van der Waals surface area (Å²) in [4.78, 5) is 41.0. The maximum absolute atomic E-state index is 13.6. The van der Waals surface area contributed by atoms with Crippen LogP contribution in [-0.4, -0.2) is 76.6 Å². The Hall–Kier alpha value is -2.89. The lowest BCUT2D eigenvalue weighted by Crippen LogP contribution is -2.62. The number of amides is 3. The molecular weight excluding hydrogens is 456 g/mol. The van der Waals surface area contributed by atoms with E-state index in [9.17, 15) is 14.4 Å². The molecular formula is C23H32N6O4S. The molecule has 0 unspecified atom stereocenters. The molecule has 3 amide bonds. The van der Waals surface area contributed by atoms with Gasteiger partial charge in [0.15, 0.2) is 0 Å². The van der Waals surface area contributed by atoms with Gasteiger partial charge in [-0.1, -0.05) is 34.8 Å². The first-order valence-electron chi connectivity index (χ1n) is 11.2. The number of nitrogens with zero attached hydrogens (tertiary/aromatic N) is 3. The van der Waals surface area contributed by atoms with Crippen molar-refractivity contribution >= 4 is 34.3 Å². The van der Waals surface area contributed by atoms with Gasteiger partial charge in [0.05, 0.1) is 11.6 Å². The SMILES string of the molecule is CN[C@@H](C)C(=O)N[C@H](C(=O)N1CCC[C@H]1C(=O)Nc1snnc1-c1ccccc1)C(C)(C)OC. The predicted octanol–water partition coefficient (Wildman–Crippen LogP) is 1.65. The lowest BCUT2D eigenvalue weighted by atomic mass is 9.96. The van der Waals surface area contributed by atoms with Crippen molar-refractivity contribution in [2.75, 3.05) is 26.0 Å². The van der Waals surface area contributed by atoms with Gasteiger partial charge in [-0.15, -0.1) is 5.10 Å². The van der Waals surface area contributed by atoms with Crippen molar-refractivity contribution in [3.8, 4) is 11.3 Å². The summed E-state index contributed by atoms with van der Waals surface area (Å²) in [5.74, 6) is -0.987. The summed E-state index contributed by atoms with van der Waals surface area (Å²) in [5.41, 5.74) is 0.446. The fourth-order valence-corrected chi connectivity index (χ4v) is 4.37. The van der Waals surface area contributed by atoms with E-state index in [0.29, 0.717) is 30.1 Å². The second-order valence-electron chi connectivity index (χ2n) is 8.76. The number of benzene rings is 1. The Balaban J connectivity index is 1.79. The first kappa shape index (κ1) is 25.7. The van der Waals surface area contributed by atoms with Crippen LogP contribution in [0.4, 0.5) is 5.00 Å². The summed E-state index contributed by atoms with van der Waals surface area (Å²) in [6, 6.07) is 7.34. The van der Waals surface area contributed by atoms with E-state index in [1.165, 1.54) is 12.0 Å². The third-order valence-corrected chi connectivity index (χ3v) is 6.83. The molecule has 3 N–H and O–H groups in total. The number of anilines is 1. The van der Waals surface area contributed by atoms with Crippen LogP contribution < -0.4 is 16.0 Å². The highest BCUT2D eigenvalue weighted by molar-refractivity contribution is 7.10. The van der Waals surface area contributed by atoms with Crippen LogP contribution in [-0.2, 0) is 19.1 Å². The molecule has 1 aromatic carbocycles. The van der Waals surface area contributed by atoms with E-state index in [1.54, 1.807) is 27.8 Å². The van der Waals surface area contributed by atoms with Crippen molar-refractivity contribution in [2.45, 2.75) is 57.3 Å². The quantitative estimate of drug-likeness (QED) is 0.490. The molecule has 2 aromatic rings. The number of likely N-dealkylation sites (tertiary alicyclic amines) is 1. The minimum atomic E-state index is -0.980. The number of likely N-dealkylation sites (N-methyl/N-ethyl adjacent to an activating group) is 1. The zero-order valence-corrected chi connectivity index (χ0v) is 20.9. The lowest BCUT2D eigenvalue weighted by molar-refractivity contribution is -0.147. The normalized spacial score (nSPS) is 17.8. The molecule has 0 spiro atoms. The van der Waals surface area contributed by atoms with Crippen LogP contribution in [0.2, 0.25) is 0 Å². The van der Waals surface area contributed by atoms with Crippen LogP contribution in [0.3, 0.4) is 0 Å². The van der Waals surface area contributed by atoms with Crippen molar-refractivity contribution in [1.29, 1.82) is 0 Å². The second-order valence-corrected chi connectivity index (χ2v) is 9.51. The maximum atomic E-state index is 13.6. The molecule has 34 heavy (non-hydrogen) atoms. The van der Waals surface area contributed by atoms with E-state index in [4.69, 9.17) is 4.74 Å². The molecule has 1 aliphatic rings. The first-order valence-corrected chi connectivity index (χ1v) is 12.0. The molecule has 0 aliphatic carbocycles. The van der Waals surface area contributed by atoms with Gasteiger partial charge >= 0.3 is 0 Å². The van der Waals surface area contributed by atoms with E-state index in [0.717, 1.165) is 17.1 Å². The van der Waals surface area contributed by atoms with E-state index in [2.05, 4.69) is 25.5 Å². The average Bonchev–Trinajstić information content (AvgIpc) is 3.51. The van der Waals surface area contributed by atoms with Crippen LogP contribution in [0.15, 0.2) is 30.3 Å². The fourth-order valence-electron chi connectivity index (χ4n) is 3.77. The molecule has 10 nitrogen and oxygen atoms in total. The highest BCUT2D eigenvalue weighted by Gasteiger charge is 2.44. The molecule has 3 atom stereocenters. The molecule has 1 saturated heterocycles. The Morgan fingerprint density at radius 2 is 1.94 bits per heavy atom. The van der Waals surface area contributed by atoms with Crippen LogP contribution >= 0.6 is 11.5 Å². The third-order valence-electron chi connectivity index (χ3n) is 6.19. The molecule has 2 heterocycles. The third kappa shape index (κ3) is 5.60. The van der Waals surface area contributed by atoms with Crippen molar-refractivity contribution in [1.82, 2.24) is 25.1 Å². The van der Waals surface area contributed by atoms with Crippen LogP contribution in [0, 0.1) is 0 Å². The fraction of sp³-hybridized carbons (Fsp3) is 0.522. The number of methoxy groups -OCH3 is 1. The molecule has 1 fully saturated rings. The molecule has 0 saturated carbocycles. The number of carbonyl (C=O) groups excluding carboxylic acids is 3. The Kier molecular flexibility index (Phi) is 8.34. The summed E-state index contributed by atoms with van der Waals surface area (Å²) in [6.07, 6.45) is 1.20. The van der Waals surface area contributed by atoms with Crippen molar-refractivity contribution in [3.63, 3.8) is 0 Å². The van der Waals surface area contributed by atoms with Crippen LogP contribution in [0.25, 0.3) is 11.3 Å². The minimum Gasteiger partial charge on any atom is -0.376 e. The monoisotopic (exact) mass is 488 g/mol. The number of aromatic nitrogens is 2. The van der Waals surface area contributed by atoms with Gasteiger partial charge in [0.25, 0.3) is 0 Å². The van der Waals surface area contributed by atoms with E-state index in [-0.39, 0.29) is 17.7 Å². The molecule has 1 aromatic heterocycles. The Labute approximate surface area is 203 Å². The van der Waals surface area contributed by atoms with Crippen molar-refractivity contribution in [2.24, 2.45) is 0 Å². The minimum absolute atomic E-state index is 0.307. The van der Waals surface area contributed by atoms with Gasteiger partial charge < -0.3 is 25.6 Å². The Morgan fingerprint density at radius 3 is 2.59 bits per heavy atom. The average molecular weight is 489 g/mol. The largest absolute Gasteiger partial charge is 0.376 e. The van der Waals surface area contributed by atoms with Gasteiger partial charge in [-0.2, -0.15) is 0 Å². The van der Waals surface area contributed by atoms with Gasteiger partial charge in [0.2, 0.25) is 17.7 Å². The van der Waals surface area contributed by atoms with Crippen molar-refractivity contribution < 1.29 is 19.1 Å². The van der Waals surface area contributed by atoms with Gasteiger partial charge in [-0.25, -0.2) is 0 Å². The molecule has 1 aliphatic heterocycles. The highest BCUT2D eigenvalue weighted by atomic mass is 32.1. The molecule has 184 valence electrons. The zero-order valence-electron chi connectivity index (χ0n) is 20.1. The van der Waals surface area contributed by atoms with E-state index in [1.807, 2.05) is 30.3 Å². The van der Waals surface area contributed by atoms with Gasteiger partial charge in [0, 0.05) is 30.8 Å². The molecule has 0 radical (unpaired) electrons. The first-order chi connectivity index (χ1) is 16.2. The van der Waals surface area contributed by atoms with Gasteiger partial charge in [-0.05, 0) is 40.7 Å². The van der Waals surface area contributed by atoms with Crippen molar-refractivity contribution in [3.05, 3.63) is 30.3 Å². The topological polar surface area (TPSA) is 126 Å². The molecule has 0 bridgehead atoms. The van der Waals surface area contributed by atoms with E-state index < -0.39 is 23.7 Å². The summed E-state index contributed by atoms with van der Waals surface area (Å²) >= 11 is 1.09. The number of hydrogen-bond donors (Lipinski definition) is 3. The number of rotatable bonds is 9. The number of hydrogen-bond acceptors (Lipinski definition) is 8. The summed E-state index contributed by atoms with van der Waals surface area (Å²) in [6.45, 7) is 5.59. The Morgan fingerprint density at radius 1 is 1.24 bits per heavy atom. The van der Waals surface area contributed by atoms with Crippen LogP contribution in [0.5, 0.6) is 0 Å². The Bertz CT molecular complexity index is 1010. The highest BCUT2D eigenvalue weighted by Crippen LogP contribution is 2.30. The van der Waals surface area contributed by atoms with Gasteiger partial charge in [0.1, 0.15) is 22.8 Å². The zero-order chi connectivity index (χ0) is 24.9. The van der Waals surface area contributed by atoms with E-state index >= 15 is 0 Å². The predicted molar refractivity (Wildman–Crippen MR) is 130 cm³/mol. The number of ether oxygens (including phenoxy) is 1. The summed E-state index contributed by atoms with van der Waals surface area (Å²) in [7, 11) is 3.16. The number of carbonyl (C=O) groups is 3. The summed E-state index contributed by atoms with van der Waals surface area (Å²) in [5, 5.41) is 13.3. The smallest absolute Gasteiger partial charge is 0.248 e. The van der Waals surface area contributed by atoms with Gasteiger partial charge in [-0.3, -0.25) is 14.4 Å².